The fourth-order valence-electron chi connectivity index (χ4n) is 2.63. The topological polar surface area (TPSA) is 78.4 Å². The Kier molecular flexibility index (Phi) is 5.67. The molecular weight excluding hydrogens is 327 g/mol. The molecule has 0 unspecified atom stereocenters. The van der Waals surface area contributed by atoms with Crippen LogP contribution < -0.4 is 10.9 Å². The van der Waals surface area contributed by atoms with Crippen LogP contribution in [0.2, 0.25) is 10.0 Å². The van der Waals surface area contributed by atoms with Crippen molar-refractivity contribution in [3.8, 4) is 0 Å². The van der Waals surface area contributed by atoms with E-state index in [0.29, 0.717) is 12.8 Å². The number of rotatable bonds is 3. The Morgan fingerprint density at radius 1 is 1.09 bits per heavy atom. The van der Waals surface area contributed by atoms with Gasteiger partial charge in [0.1, 0.15) is 0 Å². The van der Waals surface area contributed by atoms with Crippen LogP contribution in [0.1, 0.15) is 48.9 Å². The molecule has 1 aromatic carbocycles. The molecule has 0 aliphatic heterocycles. The van der Waals surface area contributed by atoms with Crippen LogP contribution in [0.5, 0.6) is 0 Å². The van der Waals surface area contributed by atoms with Crippen LogP contribution in [0.15, 0.2) is 18.2 Å². The van der Waals surface area contributed by atoms with E-state index in [-0.39, 0.29) is 22.0 Å². The summed E-state index contributed by atoms with van der Waals surface area (Å²) in [5.74, 6) is -1.04. The number of hydrazine groups is 1. The first-order chi connectivity index (χ1) is 10.4. The Morgan fingerprint density at radius 2 is 1.68 bits per heavy atom. The fourth-order valence-corrected chi connectivity index (χ4v) is 3.20. The molecule has 1 aromatic rings. The normalized spacial score (nSPS) is 16.9. The number of nitrogens with one attached hydrogen (secondary N) is 2. The molecule has 1 aliphatic carbocycles. The van der Waals surface area contributed by atoms with Gasteiger partial charge in [0.25, 0.3) is 5.91 Å². The van der Waals surface area contributed by atoms with E-state index in [0.717, 1.165) is 19.3 Å². The summed E-state index contributed by atoms with van der Waals surface area (Å²) in [7, 11) is 0. The van der Waals surface area contributed by atoms with Gasteiger partial charge in [-0.05, 0) is 25.0 Å². The van der Waals surface area contributed by atoms with E-state index in [1.807, 2.05) is 0 Å². The molecule has 0 saturated heterocycles. The lowest BCUT2D eigenvalue weighted by Gasteiger charge is -2.31. The molecular formula is C15H18Cl2N2O3. The van der Waals surface area contributed by atoms with E-state index < -0.39 is 17.4 Å². The predicted molar refractivity (Wildman–Crippen MR) is 84.7 cm³/mol. The third-order valence-electron chi connectivity index (χ3n) is 3.78. The average Bonchev–Trinajstić information content (AvgIpc) is 2.45. The van der Waals surface area contributed by atoms with Gasteiger partial charge in [0, 0.05) is 0 Å². The predicted octanol–water partition coefficient (Wildman–Crippen LogP) is 2.84. The summed E-state index contributed by atoms with van der Waals surface area (Å²) in [6, 6.07) is 4.70. The molecule has 0 aromatic heterocycles. The third-order valence-corrected chi connectivity index (χ3v) is 4.41. The molecule has 0 radical (unpaired) electrons. The summed E-state index contributed by atoms with van der Waals surface area (Å²) in [6.07, 6.45) is 4.06. The van der Waals surface area contributed by atoms with Crippen LogP contribution in [0.4, 0.5) is 0 Å². The SMILES string of the molecule is O=C(CC1(O)CCCCC1)NNC(=O)c1c(Cl)cccc1Cl. The summed E-state index contributed by atoms with van der Waals surface area (Å²) in [5, 5.41) is 10.7. The minimum Gasteiger partial charge on any atom is -0.389 e. The maximum Gasteiger partial charge on any atom is 0.272 e. The van der Waals surface area contributed by atoms with Gasteiger partial charge in [-0.15, -0.1) is 0 Å². The fraction of sp³-hybridized carbons (Fsp3) is 0.467. The first kappa shape index (κ1) is 17.1. The van der Waals surface area contributed by atoms with Crippen LogP contribution in [-0.4, -0.2) is 22.5 Å². The highest BCUT2D eigenvalue weighted by atomic mass is 35.5. The minimum absolute atomic E-state index is 0.0382. The zero-order chi connectivity index (χ0) is 16.2. The van der Waals surface area contributed by atoms with E-state index in [1.165, 1.54) is 12.1 Å². The molecule has 0 bridgehead atoms. The van der Waals surface area contributed by atoms with Gasteiger partial charge in [0.05, 0.1) is 27.6 Å². The Hall–Kier alpha value is -1.30. The van der Waals surface area contributed by atoms with Crippen molar-refractivity contribution in [2.75, 3.05) is 0 Å². The Bertz CT molecular complexity index is 552. The lowest BCUT2D eigenvalue weighted by Crippen LogP contribution is -2.46. The number of halogens is 2. The summed E-state index contributed by atoms with van der Waals surface area (Å²) in [4.78, 5) is 23.9. The molecule has 1 fully saturated rings. The Morgan fingerprint density at radius 3 is 2.27 bits per heavy atom. The summed E-state index contributed by atoms with van der Waals surface area (Å²) in [5.41, 5.74) is 3.68. The molecule has 1 aliphatic rings. The molecule has 2 amide bonds. The maximum absolute atomic E-state index is 12.0. The van der Waals surface area contributed by atoms with Crippen LogP contribution in [0, 0.1) is 0 Å². The lowest BCUT2D eigenvalue weighted by atomic mass is 9.82. The van der Waals surface area contributed by atoms with Gasteiger partial charge in [0.15, 0.2) is 0 Å². The van der Waals surface area contributed by atoms with Crippen molar-refractivity contribution in [1.82, 2.24) is 10.9 Å². The van der Waals surface area contributed by atoms with Crippen molar-refractivity contribution < 1.29 is 14.7 Å². The minimum atomic E-state index is -0.977. The van der Waals surface area contributed by atoms with Gasteiger partial charge in [-0.25, -0.2) is 0 Å². The van der Waals surface area contributed by atoms with E-state index >= 15 is 0 Å². The van der Waals surface area contributed by atoms with Crippen molar-refractivity contribution in [3.05, 3.63) is 33.8 Å². The molecule has 5 nitrogen and oxygen atoms in total. The first-order valence-corrected chi connectivity index (χ1v) is 7.92. The Labute approximate surface area is 139 Å². The van der Waals surface area contributed by atoms with Crippen molar-refractivity contribution >= 4 is 35.0 Å². The molecule has 1 saturated carbocycles. The van der Waals surface area contributed by atoms with E-state index in [4.69, 9.17) is 23.2 Å². The summed E-state index contributed by atoms with van der Waals surface area (Å²) < 4.78 is 0. The monoisotopic (exact) mass is 344 g/mol. The van der Waals surface area contributed by atoms with Gasteiger partial charge in [-0.2, -0.15) is 0 Å². The number of hydrogen-bond donors (Lipinski definition) is 3. The quantitative estimate of drug-likeness (QED) is 0.737. The number of carbonyl (C=O) groups excluding carboxylic acids is 2. The molecule has 2 rings (SSSR count). The van der Waals surface area contributed by atoms with Crippen LogP contribution >= 0.6 is 23.2 Å². The largest absolute Gasteiger partial charge is 0.389 e. The highest BCUT2D eigenvalue weighted by Crippen LogP contribution is 2.30. The van der Waals surface area contributed by atoms with Crippen molar-refractivity contribution in [1.29, 1.82) is 0 Å². The van der Waals surface area contributed by atoms with E-state index in [9.17, 15) is 14.7 Å². The number of carbonyl (C=O) groups is 2. The first-order valence-electron chi connectivity index (χ1n) is 7.17. The Balaban J connectivity index is 1.89. The second kappa shape index (κ2) is 7.31. The zero-order valence-electron chi connectivity index (χ0n) is 12.0. The van der Waals surface area contributed by atoms with E-state index in [2.05, 4.69) is 10.9 Å². The molecule has 22 heavy (non-hydrogen) atoms. The molecule has 0 heterocycles. The second-order valence-corrected chi connectivity index (χ2v) is 6.38. The number of aliphatic hydroxyl groups is 1. The van der Waals surface area contributed by atoms with Crippen LogP contribution in [0.25, 0.3) is 0 Å². The standard InChI is InChI=1S/C15H18Cl2N2O3/c16-10-5-4-6-11(17)13(10)14(21)19-18-12(20)9-15(22)7-2-1-3-8-15/h4-6,22H,1-3,7-9H2,(H,18,20)(H,19,21). The van der Waals surface area contributed by atoms with Gasteiger partial charge in [0.2, 0.25) is 5.91 Å². The van der Waals surface area contributed by atoms with E-state index in [1.54, 1.807) is 6.07 Å². The average molecular weight is 345 g/mol. The van der Waals surface area contributed by atoms with Crippen molar-refractivity contribution in [2.45, 2.75) is 44.1 Å². The molecule has 7 heteroatoms. The highest BCUT2D eigenvalue weighted by Gasteiger charge is 2.31. The summed E-state index contributed by atoms with van der Waals surface area (Å²) in [6.45, 7) is 0. The molecule has 0 spiro atoms. The van der Waals surface area contributed by atoms with Crippen molar-refractivity contribution in [2.24, 2.45) is 0 Å². The molecule has 0 atom stereocenters. The van der Waals surface area contributed by atoms with Gasteiger partial charge in [-0.3, -0.25) is 20.4 Å². The number of hydrogen-bond acceptors (Lipinski definition) is 3. The molecule has 120 valence electrons. The lowest BCUT2D eigenvalue weighted by molar-refractivity contribution is -0.128. The van der Waals surface area contributed by atoms with Crippen molar-refractivity contribution in [3.63, 3.8) is 0 Å². The number of benzene rings is 1. The number of amides is 2. The van der Waals surface area contributed by atoms with Crippen LogP contribution in [-0.2, 0) is 4.79 Å². The molecule has 3 N–H and O–H groups in total. The van der Waals surface area contributed by atoms with Gasteiger partial charge < -0.3 is 5.11 Å². The highest BCUT2D eigenvalue weighted by molar-refractivity contribution is 6.39. The maximum atomic E-state index is 12.0. The summed E-state index contributed by atoms with van der Waals surface area (Å²) >= 11 is 11.8. The van der Waals surface area contributed by atoms with Gasteiger partial charge >= 0.3 is 0 Å². The smallest absolute Gasteiger partial charge is 0.272 e. The third kappa shape index (κ3) is 4.35. The zero-order valence-corrected chi connectivity index (χ0v) is 13.5. The van der Waals surface area contributed by atoms with Gasteiger partial charge in [-0.1, -0.05) is 48.5 Å². The van der Waals surface area contributed by atoms with Crippen LogP contribution in [0.3, 0.4) is 0 Å². The second-order valence-electron chi connectivity index (χ2n) is 5.56.